The normalized spacial score (nSPS) is 29.3. The monoisotopic (exact) mass is 560 g/mol. The Balaban J connectivity index is 1.74. The second kappa shape index (κ2) is 11.8. The van der Waals surface area contributed by atoms with E-state index >= 15 is 0 Å². The molecule has 1 aromatic rings. The molecule has 1 N–H and O–H groups in total. The summed E-state index contributed by atoms with van der Waals surface area (Å²) in [6, 6.07) is 6.41. The molecule has 0 saturated carbocycles. The number of esters is 1. The molecule has 2 bridgehead atoms. The molecule has 3 saturated heterocycles. The summed E-state index contributed by atoms with van der Waals surface area (Å²) in [5.74, 6) is -2.00. The van der Waals surface area contributed by atoms with Crippen LogP contribution in [0.15, 0.2) is 49.6 Å². The summed E-state index contributed by atoms with van der Waals surface area (Å²) in [7, 11) is 0. The van der Waals surface area contributed by atoms with E-state index in [-0.39, 0.29) is 37.5 Å². The molecule has 3 heterocycles. The average molecular weight is 561 g/mol. The Bertz CT molecular complexity index is 1100. The SMILES string of the molecule is C=CCCOC(=O)[C@H]1[C@H]2C(=O)N(CCCCCO)C(C(=O)N(CC=C)c3ccccc3Cl)C23CC[C@]1(C)S3. The molecule has 2 amide bonds. The summed E-state index contributed by atoms with van der Waals surface area (Å²) in [6.07, 6.45) is 7.28. The zero-order valence-corrected chi connectivity index (χ0v) is 23.5. The number of halogens is 1. The summed E-state index contributed by atoms with van der Waals surface area (Å²) in [6.45, 7) is 10.5. The quantitative estimate of drug-likeness (QED) is 0.215. The number of para-hydroxylation sites is 1. The van der Waals surface area contributed by atoms with Gasteiger partial charge in [0.1, 0.15) is 6.04 Å². The first kappa shape index (κ1) is 28.7. The van der Waals surface area contributed by atoms with Crippen LogP contribution in [0.25, 0.3) is 0 Å². The van der Waals surface area contributed by atoms with Crippen molar-refractivity contribution < 1.29 is 24.2 Å². The number of rotatable bonds is 13. The van der Waals surface area contributed by atoms with E-state index in [0.29, 0.717) is 42.9 Å². The predicted molar refractivity (Wildman–Crippen MR) is 151 cm³/mol. The van der Waals surface area contributed by atoms with Gasteiger partial charge >= 0.3 is 5.97 Å². The van der Waals surface area contributed by atoms with Crippen LogP contribution in [0.1, 0.15) is 45.4 Å². The van der Waals surface area contributed by atoms with E-state index in [1.807, 2.05) is 19.1 Å². The lowest BCUT2D eigenvalue weighted by Gasteiger charge is -2.37. The molecule has 4 rings (SSSR count). The van der Waals surface area contributed by atoms with E-state index in [2.05, 4.69) is 13.2 Å². The Hall–Kier alpha value is -2.29. The Morgan fingerprint density at radius 3 is 2.68 bits per heavy atom. The first-order valence-electron chi connectivity index (χ1n) is 13.3. The summed E-state index contributed by atoms with van der Waals surface area (Å²) >= 11 is 8.14. The molecule has 7 nitrogen and oxygen atoms in total. The maximum absolute atomic E-state index is 14.5. The molecule has 0 aromatic heterocycles. The van der Waals surface area contributed by atoms with Crippen molar-refractivity contribution in [2.24, 2.45) is 11.8 Å². The number of ether oxygens (including phenoxy) is 1. The topological polar surface area (TPSA) is 87.1 Å². The second-order valence-electron chi connectivity index (χ2n) is 10.5. The lowest BCUT2D eigenvalue weighted by atomic mass is 9.66. The Kier molecular flexibility index (Phi) is 8.95. The molecule has 206 valence electrons. The molecule has 0 aliphatic carbocycles. The van der Waals surface area contributed by atoms with Crippen LogP contribution in [-0.4, -0.2) is 69.6 Å². The number of benzene rings is 1. The molecule has 9 heteroatoms. The molecule has 1 aromatic carbocycles. The maximum atomic E-state index is 14.5. The molecule has 1 spiro atoms. The number of carbonyl (C=O) groups excluding carboxylic acids is 3. The van der Waals surface area contributed by atoms with Gasteiger partial charge in [0.25, 0.3) is 5.91 Å². The number of fused-ring (bicyclic) bond motifs is 1. The van der Waals surface area contributed by atoms with Crippen LogP contribution in [0.2, 0.25) is 5.02 Å². The van der Waals surface area contributed by atoms with Crippen molar-refractivity contribution >= 4 is 46.8 Å². The summed E-state index contributed by atoms with van der Waals surface area (Å²) in [4.78, 5) is 45.3. The van der Waals surface area contributed by atoms with Gasteiger partial charge < -0.3 is 19.6 Å². The van der Waals surface area contributed by atoms with Gasteiger partial charge in [0, 0.05) is 24.4 Å². The van der Waals surface area contributed by atoms with Crippen LogP contribution in [-0.2, 0) is 19.1 Å². The number of unbranched alkanes of at least 4 members (excludes halogenated alkanes) is 2. The summed E-state index contributed by atoms with van der Waals surface area (Å²) in [5, 5.41) is 9.68. The van der Waals surface area contributed by atoms with Gasteiger partial charge in [-0.2, -0.15) is 0 Å². The third-order valence-electron chi connectivity index (χ3n) is 8.11. The molecular formula is C29H37ClN2O5S. The Morgan fingerprint density at radius 2 is 2.00 bits per heavy atom. The highest BCUT2D eigenvalue weighted by Gasteiger charge is 2.77. The lowest BCUT2D eigenvalue weighted by molar-refractivity contribution is -0.155. The van der Waals surface area contributed by atoms with Crippen molar-refractivity contribution in [3.8, 4) is 0 Å². The fourth-order valence-electron chi connectivity index (χ4n) is 6.46. The number of aliphatic hydroxyl groups excluding tert-OH is 1. The molecule has 2 unspecified atom stereocenters. The standard InChI is InChI=1S/C29H37ClN2O5S/c1-4-6-19-37-27(36)23-22-25(34)32(17-10-7-11-18-33)24(29(22)15-14-28(23,3)38-29)26(35)31(16-5-2)21-13-9-8-12-20(21)30/h4-5,8-9,12-13,22-24,33H,1-2,6-7,10-11,14-19H2,3H3/t22-,23+,24?,28-,29?/m0/s1. The van der Waals surface area contributed by atoms with Gasteiger partial charge in [0.05, 0.1) is 33.9 Å². The third kappa shape index (κ3) is 4.91. The van der Waals surface area contributed by atoms with Crippen LogP contribution in [0, 0.1) is 11.8 Å². The number of anilines is 1. The number of nitrogens with zero attached hydrogens (tertiary/aromatic N) is 2. The van der Waals surface area contributed by atoms with Crippen molar-refractivity contribution in [1.29, 1.82) is 0 Å². The zero-order chi connectivity index (χ0) is 27.5. The number of aliphatic hydroxyl groups is 1. The number of likely N-dealkylation sites (tertiary alicyclic amines) is 1. The zero-order valence-electron chi connectivity index (χ0n) is 21.9. The fraction of sp³-hybridized carbons (Fsp3) is 0.552. The van der Waals surface area contributed by atoms with E-state index in [1.165, 1.54) is 0 Å². The summed E-state index contributed by atoms with van der Waals surface area (Å²) in [5.41, 5.74) is 0.565. The molecule has 38 heavy (non-hydrogen) atoms. The van der Waals surface area contributed by atoms with Gasteiger partial charge in [0.2, 0.25) is 5.91 Å². The molecule has 0 radical (unpaired) electrons. The van der Waals surface area contributed by atoms with Crippen LogP contribution in [0.5, 0.6) is 0 Å². The Labute approximate surface area is 234 Å². The highest BCUT2D eigenvalue weighted by Crippen LogP contribution is 2.71. The van der Waals surface area contributed by atoms with Crippen LogP contribution < -0.4 is 4.90 Å². The van der Waals surface area contributed by atoms with Crippen molar-refractivity contribution in [1.82, 2.24) is 4.90 Å². The predicted octanol–water partition coefficient (Wildman–Crippen LogP) is 4.62. The number of hydrogen-bond donors (Lipinski definition) is 1. The van der Waals surface area contributed by atoms with Crippen molar-refractivity contribution in [2.75, 3.05) is 31.2 Å². The maximum Gasteiger partial charge on any atom is 0.311 e. The van der Waals surface area contributed by atoms with Crippen LogP contribution >= 0.6 is 23.4 Å². The average Bonchev–Trinajstić information content (AvgIpc) is 3.46. The largest absolute Gasteiger partial charge is 0.465 e. The van der Waals surface area contributed by atoms with Crippen molar-refractivity contribution in [2.45, 2.75) is 61.0 Å². The van der Waals surface area contributed by atoms with Crippen LogP contribution in [0.4, 0.5) is 5.69 Å². The minimum atomic E-state index is -0.747. The van der Waals surface area contributed by atoms with E-state index in [9.17, 15) is 19.5 Å². The van der Waals surface area contributed by atoms with E-state index in [4.69, 9.17) is 16.3 Å². The highest BCUT2D eigenvalue weighted by molar-refractivity contribution is 8.02. The molecule has 5 atom stereocenters. The third-order valence-corrected chi connectivity index (χ3v) is 10.4. The highest BCUT2D eigenvalue weighted by atomic mass is 35.5. The molecular weight excluding hydrogens is 524 g/mol. The van der Waals surface area contributed by atoms with Gasteiger partial charge in [-0.1, -0.05) is 35.9 Å². The lowest BCUT2D eigenvalue weighted by Crippen LogP contribution is -2.55. The number of thioether (sulfide) groups is 1. The van der Waals surface area contributed by atoms with E-state index < -0.39 is 27.4 Å². The van der Waals surface area contributed by atoms with Crippen molar-refractivity contribution in [3.63, 3.8) is 0 Å². The van der Waals surface area contributed by atoms with Gasteiger partial charge in [-0.3, -0.25) is 14.4 Å². The molecule has 3 fully saturated rings. The smallest absolute Gasteiger partial charge is 0.311 e. The summed E-state index contributed by atoms with van der Waals surface area (Å²) < 4.78 is 4.39. The minimum absolute atomic E-state index is 0.0787. The minimum Gasteiger partial charge on any atom is -0.465 e. The van der Waals surface area contributed by atoms with E-state index in [0.717, 1.165) is 12.8 Å². The van der Waals surface area contributed by atoms with Gasteiger partial charge in [-0.25, -0.2) is 0 Å². The first-order valence-corrected chi connectivity index (χ1v) is 14.5. The molecule has 3 aliphatic heterocycles. The first-order chi connectivity index (χ1) is 18.3. The molecule has 3 aliphatic rings. The number of carbonyl (C=O) groups is 3. The van der Waals surface area contributed by atoms with Gasteiger partial charge in [-0.05, 0) is 57.6 Å². The fourth-order valence-corrected chi connectivity index (χ4v) is 9.04. The number of hydrogen-bond acceptors (Lipinski definition) is 6. The van der Waals surface area contributed by atoms with Gasteiger partial charge in [-0.15, -0.1) is 24.9 Å². The van der Waals surface area contributed by atoms with Crippen LogP contribution in [0.3, 0.4) is 0 Å². The van der Waals surface area contributed by atoms with E-state index in [1.54, 1.807) is 45.8 Å². The number of amides is 2. The van der Waals surface area contributed by atoms with Crippen molar-refractivity contribution in [3.05, 3.63) is 54.6 Å². The second-order valence-corrected chi connectivity index (χ2v) is 12.8. The Morgan fingerprint density at radius 1 is 1.24 bits per heavy atom. The van der Waals surface area contributed by atoms with Gasteiger partial charge in [0.15, 0.2) is 0 Å².